The molecule has 0 aromatic heterocycles. The molecule has 0 radical (unpaired) electrons. The Morgan fingerprint density at radius 2 is 2.11 bits per heavy atom. The van der Waals surface area contributed by atoms with Crippen molar-refractivity contribution in [2.75, 3.05) is 11.4 Å². The molecule has 0 saturated carbocycles. The summed E-state index contributed by atoms with van der Waals surface area (Å²) in [7, 11) is 0. The van der Waals surface area contributed by atoms with Gasteiger partial charge in [0.2, 0.25) is 0 Å². The summed E-state index contributed by atoms with van der Waals surface area (Å²) < 4.78 is 13.3. The van der Waals surface area contributed by atoms with E-state index in [4.69, 9.17) is 17.3 Å². The number of nitrogens with two attached hydrogens (primary N) is 1. The summed E-state index contributed by atoms with van der Waals surface area (Å²) in [5.74, 6) is -0.237. The Morgan fingerprint density at radius 3 is 2.89 bits per heavy atom. The van der Waals surface area contributed by atoms with Gasteiger partial charge in [0.25, 0.3) is 0 Å². The van der Waals surface area contributed by atoms with Gasteiger partial charge in [-0.1, -0.05) is 23.7 Å². The third-order valence-electron chi connectivity index (χ3n) is 3.41. The zero-order valence-corrected chi connectivity index (χ0v) is 11.1. The number of nitrogens with zero attached hydrogens (tertiary/aromatic N) is 1. The van der Waals surface area contributed by atoms with Crippen LogP contribution in [0.5, 0.6) is 0 Å². The van der Waals surface area contributed by atoms with Crippen molar-refractivity contribution < 1.29 is 4.39 Å². The number of benzene rings is 2. The molecule has 4 heteroatoms. The molecule has 0 amide bonds. The Labute approximate surface area is 116 Å². The van der Waals surface area contributed by atoms with Crippen LogP contribution in [0.2, 0.25) is 5.02 Å². The second-order valence-corrected chi connectivity index (χ2v) is 5.26. The lowest BCUT2D eigenvalue weighted by molar-refractivity contribution is 0.624. The van der Waals surface area contributed by atoms with Crippen molar-refractivity contribution in [3.8, 4) is 0 Å². The number of rotatable bonds is 2. The van der Waals surface area contributed by atoms with Gasteiger partial charge < -0.3 is 10.6 Å². The van der Waals surface area contributed by atoms with Crippen molar-refractivity contribution in [1.82, 2.24) is 0 Å². The highest BCUT2D eigenvalue weighted by molar-refractivity contribution is 6.30. The highest BCUT2D eigenvalue weighted by Crippen LogP contribution is 2.34. The van der Waals surface area contributed by atoms with E-state index in [1.54, 1.807) is 6.07 Å². The maximum absolute atomic E-state index is 13.3. The number of hydrogen-bond acceptors (Lipinski definition) is 2. The lowest BCUT2D eigenvalue weighted by atomic mass is 10.1. The molecule has 2 aromatic rings. The van der Waals surface area contributed by atoms with Crippen LogP contribution in [0.25, 0.3) is 0 Å². The van der Waals surface area contributed by atoms with Gasteiger partial charge in [0.1, 0.15) is 5.82 Å². The molecule has 0 aliphatic carbocycles. The summed E-state index contributed by atoms with van der Waals surface area (Å²) in [6, 6.07) is 12.4. The van der Waals surface area contributed by atoms with Crippen molar-refractivity contribution >= 4 is 17.3 Å². The van der Waals surface area contributed by atoms with Crippen LogP contribution in [0.4, 0.5) is 10.1 Å². The molecule has 1 aliphatic heterocycles. The van der Waals surface area contributed by atoms with Crippen molar-refractivity contribution in [3.05, 3.63) is 64.4 Å². The fourth-order valence-electron chi connectivity index (χ4n) is 2.55. The molecular weight excluding hydrogens is 263 g/mol. The van der Waals surface area contributed by atoms with Gasteiger partial charge in [0, 0.05) is 29.8 Å². The molecule has 2 nitrogen and oxygen atoms in total. The SMILES string of the molecule is N[C@H]1CN(Cc2cccc(Cl)c2)c2ccc(F)cc21. The van der Waals surface area contributed by atoms with Crippen molar-refractivity contribution in [2.24, 2.45) is 5.73 Å². The summed E-state index contributed by atoms with van der Waals surface area (Å²) in [5.41, 5.74) is 9.06. The Hall–Kier alpha value is -1.58. The Kier molecular flexibility index (Phi) is 3.17. The lowest BCUT2D eigenvalue weighted by Crippen LogP contribution is -2.23. The standard InChI is InChI=1S/C15H14ClFN2/c16-11-3-1-2-10(6-11)8-19-9-14(18)13-7-12(17)4-5-15(13)19/h1-7,14H,8-9,18H2/t14-/m0/s1. The van der Waals surface area contributed by atoms with E-state index in [0.29, 0.717) is 6.54 Å². The third kappa shape index (κ3) is 2.44. The largest absolute Gasteiger partial charge is 0.365 e. The molecule has 19 heavy (non-hydrogen) atoms. The number of hydrogen-bond donors (Lipinski definition) is 1. The molecule has 2 N–H and O–H groups in total. The first-order valence-corrected chi connectivity index (χ1v) is 6.56. The van der Waals surface area contributed by atoms with Gasteiger partial charge in [-0.3, -0.25) is 0 Å². The topological polar surface area (TPSA) is 29.3 Å². The van der Waals surface area contributed by atoms with Crippen LogP contribution in [0.3, 0.4) is 0 Å². The molecule has 3 rings (SSSR count). The minimum Gasteiger partial charge on any atom is -0.365 e. The molecule has 1 aliphatic rings. The fourth-order valence-corrected chi connectivity index (χ4v) is 2.76. The average molecular weight is 277 g/mol. The van der Waals surface area contributed by atoms with E-state index in [2.05, 4.69) is 4.90 Å². The Balaban J connectivity index is 1.89. The summed E-state index contributed by atoms with van der Waals surface area (Å²) in [4.78, 5) is 2.16. The van der Waals surface area contributed by atoms with Gasteiger partial charge in [-0.25, -0.2) is 4.39 Å². The predicted molar refractivity (Wildman–Crippen MR) is 75.8 cm³/mol. The minimum atomic E-state index is -0.237. The van der Waals surface area contributed by atoms with Crippen LogP contribution in [0.1, 0.15) is 17.2 Å². The zero-order valence-electron chi connectivity index (χ0n) is 10.3. The summed E-state index contributed by atoms with van der Waals surface area (Å²) in [5, 5.41) is 0.723. The molecule has 2 aromatic carbocycles. The van der Waals surface area contributed by atoms with E-state index in [1.807, 2.05) is 24.3 Å². The molecule has 0 bridgehead atoms. The summed E-state index contributed by atoms with van der Waals surface area (Å²) in [6.45, 7) is 1.43. The first kappa shape index (κ1) is 12.5. The highest BCUT2D eigenvalue weighted by atomic mass is 35.5. The van der Waals surface area contributed by atoms with Crippen LogP contribution < -0.4 is 10.6 Å². The van der Waals surface area contributed by atoms with E-state index in [-0.39, 0.29) is 11.9 Å². The quantitative estimate of drug-likeness (QED) is 0.910. The minimum absolute atomic E-state index is 0.134. The molecule has 0 fully saturated rings. The molecule has 0 spiro atoms. The van der Waals surface area contributed by atoms with Gasteiger partial charge in [0.15, 0.2) is 0 Å². The van der Waals surface area contributed by atoms with Gasteiger partial charge >= 0.3 is 0 Å². The van der Waals surface area contributed by atoms with Crippen LogP contribution in [-0.4, -0.2) is 6.54 Å². The van der Waals surface area contributed by atoms with Crippen molar-refractivity contribution in [3.63, 3.8) is 0 Å². The van der Waals surface area contributed by atoms with Crippen molar-refractivity contribution in [2.45, 2.75) is 12.6 Å². The van der Waals surface area contributed by atoms with Crippen LogP contribution in [0, 0.1) is 5.82 Å². The van der Waals surface area contributed by atoms with Gasteiger partial charge in [-0.15, -0.1) is 0 Å². The predicted octanol–water partition coefficient (Wildman–Crippen LogP) is 3.50. The van der Waals surface area contributed by atoms with Gasteiger partial charge in [-0.2, -0.15) is 0 Å². The summed E-state index contributed by atoms with van der Waals surface area (Å²) >= 11 is 5.99. The molecule has 98 valence electrons. The average Bonchev–Trinajstić information content (AvgIpc) is 2.66. The van der Waals surface area contributed by atoms with Crippen LogP contribution in [0.15, 0.2) is 42.5 Å². The van der Waals surface area contributed by atoms with Gasteiger partial charge in [-0.05, 0) is 41.5 Å². The number of anilines is 1. The van der Waals surface area contributed by atoms with E-state index < -0.39 is 0 Å². The molecule has 1 heterocycles. The zero-order chi connectivity index (χ0) is 13.4. The van der Waals surface area contributed by atoms with Gasteiger partial charge in [0.05, 0.1) is 0 Å². The molecule has 0 unspecified atom stereocenters. The van der Waals surface area contributed by atoms with E-state index in [9.17, 15) is 4.39 Å². The first-order chi connectivity index (χ1) is 9.13. The lowest BCUT2D eigenvalue weighted by Gasteiger charge is -2.19. The summed E-state index contributed by atoms with van der Waals surface area (Å²) in [6.07, 6.45) is 0. The fraction of sp³-hybridized carbons (Fsp3) is 0.200. The first-order valence-electron chi connectivity index (χ1n) is 6.18. The van der Waals surface area contributed by atoms with Crippen LogP contribution in [-0.2, 0) is 6.54 Å². The Morgan fingerprint density at radius 1 is 1.26 bits per heavy atom. The maximum atomic E-state index is 13.3. The normalized spacial score (nSPS) is 17.6. The molecular formula is C15H14ClFN2. The smallest absolute Gasteiger partial charge is 0.123 e. The van der Waals surface area contributed by atoms with Crippen LogP contribution >= 0.6 is 11.6 Å². The third-order valence-corrected chi connectivity index (χ3v) is 3.64. The van der Waals surface area contributed by atoms with E-state index in [0.717, 1.165) is 28.4 Å². The highest BCUT2D eigenvalue weighted by Gasteiger charge is 2.26. The monoisotopic (exact) mass is 276 g/mol. The Bertz CT molecular complexity index is 615. The second-order valence-electron chi connectivity index (χ2n) is 4.82. The molecule has 1 atom stereocenters. The van der Waals surface area contributed by atoms with E-state index in [1.165, 1.54) is 12.1 Å². The van der Waals surface area contributed by atoms with E-state index >= 15 is 0 Å². The molecule has 0 saturated heterocycles. The number of fused-ring (bicyclic) bond motifs is 1. The number of halogens is 2. The second kappa shape index (κ2) is 4.83. The van der Waals surface area contributed by atoms with Crippen molar-refractivity contribution in [1.29, 1.82) is 0 Å². The maximum Gasteiger partial charge on any atom is 0.123 e.